The highest BCUT2D eigenvalue weighted by molar-refractivity contribution is 5.91. The fraction of sp³-hybridized carbons (Fsp3) is 0.722. The van der Waals surface area contributed by atoms with E-state index in [1.807, 2.05) is 4.90 Å². The molecular formula is C18H29NO4. The van der Waals surface area contributed by atoms with Crippen molar-refractivity contribution in [3.05, 3.63) is 24.2 Å². The number of ether oxygens (including phenoxy) is 1. The third kappa shape index (κ3) is 3.78. The summed E-state index contributed by atoms with van der Waals surface area (Å²) in [6.45, 7) is 7.58. The fourth-order valence-electron chi connectivity index (χ4n) is 3.31. The van der Waals surface area contributed by atoms with Gasteiger partial charge in [0.25, 0.3) is 5.91 Å². The normalized spacial score (nSPS) is 18.2. The zero-order chi connectivity index (χ0) is 16.9. The minimum atomic E-state index is -0.469. The van der Waals surface area contributed by atoms with Gasteiger partial charge in [0.1, 0.15) is 0 Å². The summed E-state index contributed by atoms with van der Waals surface area (Å²) in [5.74, 6) is 0.334. The van der Waals surface area contributed by atoms with Crippen molar-refractivity contribution in [3.8, 4) is 0 Å². The van der Waals surface area contributed by atoms with Crippen molar-refractivity contribution < 1.29 is 19.1 Å². The first-order valence-electron chi connectivity index (χ1n) is 8.67. The summed E-state index contributed by atoms with van der Waals surface area (Å²) in [5, 5.41) is 9.78. The number of likely N-dealkylation sites (tertiary alicyclic amines) is 1. The van der Waals surface area contributed by atoms with E-state index in [9.17, 15) is 9.90 Å². The van der Waals surface area contributed by atoms with Crippen molar-refractivity contribution in [3.63, 3.8) is 0 Å². The van der Waals surface area contributed by atoms with Crippen molar-refractivity contribution in [1.82, 2.24) is 4.90 Å². The number of rotatable bonds is 7. The Balaban J connectivity index is 2.03. The SMILES string of the molecule is CCC(CC)(CO)OC1(CC)CCN(C(=O)c2ccco2)CC1. The highest BCUT2D eigenvalue weighted by Crippen LogP contribution is 2.36. The monoisotopic (exact) mass is 323 g/mol. The molecule has 1 aliphatic heterocycles. The summed E-state index contributed by atoms with van der Waals surface area (Å²) in [5.41, 5.74) is -0.724. The molecule has 2 rings (SSSR count). The van der Waals surface area contributed by atoms with Gasteiger partial charge in [-0.3, -0.25) is 4.79 Å². The summed E-state index contributed by atoms with van der Waals surface area (Å²) in [6, 6.07) is 3.43. The average molecular weight is 323 g/mol. The Morgan fingerprint density at radius 1 is 1.35 bits per heavy atom. The first-order valence-corrected chi connectivity index (χ1v) is 8.67. The van der Waals surface area contributed by atoms with Crippen molar-refractivity contribution in [1.29, 1.82) is 0 Å². The van der Waals surface area contributed by atoms with Gasteiger partial charge in [0.15, 0.2) is 5.76 Å². The molecule has 5 nitrogen and oxygen atoms in total. The van der Waals surface area contributed by atoms with Gasteiger partial charge in [-0.25, -0.2) is 0 Å². The molecule has 1 fully saturated rings. The third-order valence-corrected chi connectivity index (χ3v) is 5.35. The molecule has 130 valence electrons. The first-order chi connectivity index (χ1) is 11.0. The van der Waals surface area contributed by atoms with Crippen LogP contribution in [0.5, 0.6) is 0 Å². The predicted octanol–water partition coefficient (Wildman–Crippen LogP) is 3.23. The maximum atomic E-state index is 12.4. The van der Waals surface area contributed by atoms with E-state index in [1.54, 1.807) is 12.1 Å². The van der Waals surface area contributed by atoms with Gasteiger partial charge in [0.2, 0.25) is 0 Å². The van der Waals surface area contributed by atoms with Crippen molar-refractivity contribution >= 4 is 5.91 Å². The van der Waals surface area contributed by atoms with Crippen LogP contribution in [-0.2, 0) is 4.74 Å². The van der Waals surface area contributed by atoms with Crippen LogP contribution in [0.25, 0.3) is 0 Å². The molecule has 1 aromatic heterocycles. The van der Waals surface area contributed by atoms with E-state index in [4.69, 9.17) is 9.15 Å². The number of aliphatic hydroxyl groups is 1. The van der Waals surface area contributed by atoms with Crippen LogP contribution in [-0.4, -0.2) is 46.8 Å². The van der Waals surface area contributed by atoms with Gasteiger partial charge in [0, 0.05) is 13.1 Å². The van der Waals surface area contributed by atoms with E-state index >= 15 is 0 Å². The lowest BCUT2D eigenvalue weighted by Gasteiger charge is -2.46. The highest BCUT2D eigenvalue weighted by atomic mass is 16.5. The van der Waals surface area contributed by atoms with Crippen LogP contribution in [0.2, 0.25) is 0 Å². The molecule has 0 aromatic carbocycles. The molecule has 0 bridgehead atoms. The number of piperidine rings is 1. The highest BCUT2D eigenvalue weighted by Gasteiger charge is 2.42. The molecule has 0 saturated carbocycles. The molecule has 23 heavy (non-hydrogen) atoms. The predicted molar refractivity (Wildman–Crippen MR) is 88.4 cm³/mol. The second-order valence-corrected chi connectivity index (χ2v) is 6.46. The number of furan rings is 1. The van der Waals surface area contributed by atoms with Crippen LogP contribution in [0.4, 0.5) is 0 Å². The molecule has 0 aliphatic carbocycles. The zero-order valence-electron chi connectivity index (χ0n) is 14.5. The summed E-state index contributed by atoms with van der Waals surface area (Å²) < 4.78 is 11.7. The molecule has 0 unspecified atom stereocenters. The molecule has 1 saturated heterocycles. The van der Waals surface area contributed by atoms with Gasteiger partial charge in [-0.2, -0.15) is 0 Å². The minimum Gasteiger partial charge on any atom is -0.459 e. The second kappa shape index (κ2) is 7.49. The van der Waals surface area contributed by atoms with E-state index in [0.717, 1.165) is 32.1 Å². The van der Waals surface area contributed by atoms with Gasteiger partial charge in [-0.15, -0.1) is 0 Å². The molecule has 2 heterocycles. The topological polar surface area (TPSA) is 62.9 Å². The summed E-state index contributed by atoms with van der Waals surface area (Å²) in [6.07, 6.45) is 5.56. The Morgan fingerprint density at radius 2 is 2.00 bits per heavy atom. The molecule has 0 spiro atoms. The molecule has 1 amide bonds. The van der Waals surface area contributed by atoms with Crippen LogP contribution in [0.3, 0.4) is 0 Å². The summed E-state index contributed by atoms with van der Waals surface area (Å²) >= 11 is 0. The number of nitrogens with zero attached hydrogens (tertiary/aromatic N) is 1. The van der Waals surface area contributed by atoms with Crippen LogP contribution in [0.1, 0.15) is 63.4 Å². The van der Waals surface area contributed by atoms with Crippen LogP contribution >= 0.6 is 0 Å². The van der Waals surface area contributed by atoms with E-state index in [0.29, 0.717) is 18.8 Å². The largest absolute Gasteiger partial charge is 0.459 e. The molecule has 1 aromatic rings. The average Bonchev–Trinajstić information content (AvgIpc) is 3.14. The van der Waals surface area contributed by atoms with E-state index < -0.39 is 5.60 Å². The second-order valence-electron chi connectivity index (χ2n) is 6.46. The summed E-state index contributed by atoms with van der Waals surface area (Å²) in [7, 11) is 0. The number of amides is 1. The van der Waals surface area contributed by atoms with Crippen molar-refractivity contribution in [2.24, 2.45) is 0 Å². The third-order valence-electron chi connectivity index (χ3n) is 5.35. The molecular weight excluding hydrogens is 294 g/mol. The van der Waals surface area contributed by atoms with Crippen molar-refractivity contribution in [2.45, 2.75) is 64.1 Å². The maximum Gasteiger partial charge on any atom is 0.289 e. The number of aliphatic hydroxyl groups excluding tert-OH is 1. The van der Waals surface area contributed by atoms with Crippen molar-refractivity contribution in [2.75, 3.05) is 19.7 Å². The van der Waals surface area contributed by atoms with Gasteiger partial charge < -0.3 is 19.2 Å². The smallest absolute Gasteiger partial charge is 0.289 e. The lowest BCUT2D eigenvalue weighted by atomic mass is 9.86. The Morgan fingerprint density at radius 3 is 2.43 bits per heavy atom. The molecule has 0 radical (unpaired) electrons. The Labute approximate surface area is 138 Å². The molecule has 1 aliphatic rings. The maximum absolute atomic E-state index is 12.4. The van der Waals surface area contributed by atoms with Gasteiger partial charge in [-0.1, -0.05) is 20.8 Å². The van der Waals surface area contributed by atoms with E-state index in [1.165, 1.54) is 6.26 Å². The number of carbonyl (C=O) groups excluding carboxylic acids is 1. The van der Waals surface area contributed by atoms with E-state index in [2.05, 4.69) is 20.8 Å². The summed E-state index contributed by atoms with van der Waals surface area (Å²) in [4.78, 5) is 14.2. The molecule has 1 N–H and O–H groups in total. The Bertz CT molecular complexity index is 477. The Hall–Kier alpha value is -1.33. The first kappa shape index (κ1) is 18.0. The standard InChI is InChI=1S/C18H29NO4/c1-4-17(5-2,14-20)23-18(6-3)9-11-19(12-10-18)16(21)15-8-7-13-22-15/h7-8,13,20H,4-6,9-12,14H2,1-3H3. The van der Waals surface area contributed by atoms with E-state index in [-0.39, 0.29) is 18.1 Å². The van der Waals surface area contributed by atoms with Crippen LogP contribution < -0.4 is 0 Å². The van der Waals surface area contributed by atoms with Gasteiger partial charge >= 0.3 is 0 Å². The van der Waals surface area contributed by atoms with Gasteiger partial charge in [0.05, 0.1) is 24.1 Å². The van der Waals surface area contributed by atoms with Crippen LogP contribution in [0, 0.1) is 0 Å². The van der Waals surface area contributed by atoms with Crippen LogP contribution in [0.15, 0.2) is 22.8 Å². The number of carbonyl (C=O) groups is 1. The quantitative estimate of drug-likeness (QED) is 0.837. The van der Waals surface area contributed by atoms with Gasteiger partial charge in [-0.05, 0) is 44.2 Å². The zero-order valence-corrected chi connectivity index (χ0v) is 14.5. The minimum absolute atomic E-state index is 0.0385. The molecule has 5 heteroatoms. The lowest BCUT2D eigenvalue weighted by molar-refractivity contribution is -0.194. The number of hydrogen-bond acceptors (Lipinski definition) is 4. The lowest BCUT2D eigenvalue weighted by Crippen LogP contribution is -2.53. The molecule has 0 atom stereocenters. The number of hydrogen-bond donors (Lipinski definition) is 1. The fourth-order valence-corrected chi connectivity index (χ4v) is 3.31. The Kier molecular flexibility index (Phi) is 5.87.